The van der Waals surface area contributed by atoms with Crippen LogP contribution in [0.1, 0.15) is 37.2 Å². The molecule has 0 bridgehead atoms. The molecule has 0 aliphatic carbocycles. The van der Waals surface area contributed by atoms with Gasteiger partial charge in [0.2, 0.25) is 0 Å². The van der Waals surface area contributed by atoms with Gasteiger partial charge in [-0.3, -0.25) is 0 Å². The van der Waals surface area contributed by atoms with E-state index in [1.807, 2.05) is 30.3 Å². The second-order valence-electron chi connectivity index (χ2n) is 5.43. The molecule has 0 amide bonds. The minimum absolute atomic E-state index is 0.190. The maximum atomic E-state index is 9.70. The van der Waals surface area contributed by atoms with E-state index in [2.05, 4.69) is 0 Å². The van der Waals surface area contributed by atoms with Crippen LogP contribution in [0, 0.1) is 0 Å². The molecule has 2 unspecified atom stereocenters. The Morgan fingerprint density at radius 3 is 2.86 bits per heavy atom. The second kappa shape index (κ2) is 7.01. The lowest BCUT2D eigenvalue weighted by Gasteiger charge is -2.24. The zero-order valence-corrected chi connectivity index (χ0v) is 14.0. The molecule has 0 radical (unpaired) electrons. The van der Waals surface area contributed by atoms with Crippen LogP contribution in [0.4, 0.5) is 0 Å². The Hall–Kier alpha value is -1.07. The van der Waals surface area contributed by atoms with Gasteiger partial charge in [0.1, 0.15) is 5.75 Å². The Balaban J connectivity index is 1.89. The van der Waals surface area contributed by atoms with E-state index in [1.54, 1.807) is 18.3 Å². The largest absolute Gasteiger partial charge is 0.464 e. The highest BCUT2D eigenvalue weighted by molar-refractivity contribution is 7.15. The van der Waals surface area contributed by atoms with Crippen LogP contribution in [-0.2, 0) is 4.74 Å². The Morgan fingerprint density at radius 1 is 1.32 bits per heavy atom. The predicted molar refractivity (Wildman–Crippen MR) is 89.6 cm³/mol. The van der Waals surface area contributed by atoms with Crippen LogP contribution in [0.25, 0.3) is 10.4 Å². The average Bonchev–Trinajstić information content (AvgIpc) is 3.00. The molecular formula is C17H19ClO3S. The van der Waals surface area contributed by atoms with E-state index in [1.165, 1.54) is 0 Å². The van der Waals surface area contributed by atoms with Gasteiger partial charge in [-0.1, -0.05) is 11.6 Å². The lowest BCUT2D eigenvalue weighted by atomic mass is 10.1. The van der Waals surface area contributed by atoms with Crippen LogP contribution in [0.15, 0.2) is 30.3 Å². The third-order valence-electron chi connectivity index (χ3n) is 3.64. The number of rotatable bonds is 4. The number of ether oxygens (including phenoxy) is 2. The van der Waals surface area contributed by atoms with Crippen molar-refractivity contribution >= 4 is 22.9 Å². The summed E-state index contributed by atoms with van der Waals surface area (Å²) >= 11 is 7.70. The van der Waals surface area contributed by atoms with Crippen LogP contribution in [-0.4, -0.2) is 18.0 Å². The number of aliphatic hydroxyl groups is 1. The number of halogens is 1. The number of benzene rings is 1. The molecule has 3 rings (SSSR count). The maximum Gasteiger partial charge on any atom is 0.199 e. The minimum Gasteiger partial charge on any atom is -0.464 e. The zero-order chi connectivity index (χ0) is 15.5. The smallest absolute Gasteiger partial charge is 0.199 e. The van der Waals surface area contributed by atoms with Gasteiger partial charge in [-0.05, 0) is 50.1 Å². The third kappa shape index (κ3) is 3.63. The van der Waals surface area contributed by atoms with Gasteiger partial charge in [-0.2, -0.15) is 0 Å². The quantitative estimate of drug-likeness (QED) is 0.850. The SMILES string of the molecule is CC(O)c1ccc(-c2cc(Cl)ccc2OC2CCCCO2)s1. The fourth-order valence-electron chi connectivity index (χ4n) is 2.47. The van der Waals surface area contributed by atoms with Gasteiger partial charge in [-0.15, -0.1) is 11.3 Å². The topological polar surface area (TPSA) is 38.7 Å². The molecule has 1 aromatic carbocycles. The number of thiophene rings is 1. The van der Waals surface area contributed by atoms with E-state index in [0.29, 0.717) is 5.02 Å². The molecule has 0 spiro atoms. The molecule has 2 aromatic rings. The van der Waals surface area contributed by atoms with Crippen LogP contribution in [0.2, 0.25) is 5.02 Å². The molecule has 1 aliphatic heterocycles. The Labute approximate surface area is 139 Å². The van der Waals surface area contributed by atoms with Gasteiger partial charge in [0, 0.05) is 26.8 Å². The summed E-state index contributed by atoms with van der Waals surface area (Å²) in [5, 5.41) is 10.4. The molecule has 1 aliphatic rings. The summed E-state index contributed by atoms with van der Waals surface area (Å²) in [5.41, 5.74) is 0.943. The van der Waals surface area contributed by atoms with Crippen LogP contribution in [0.3, 0.4) is 0 Å². The number of hydrogen-bond donors (Lipinski definition) is 1. The highest BCUT2D eigenvalue weighted by atomic mass is 35.5. The summed E-state index contributed by atoms with van der Waals surface area (Å²) in [7, 11) is 0. The zero-order valence-electron chi connectivity index (χ0n) is 12.4. The van der Waals surface area contributed by atoms with Gasteiger partial charge in [-0.25, -0.2) is 0 Å². The van der Waals surface area contributed by atoms with E-state index in [-0.39, 0.29) is 6.29 Å². The number of hydrogen-bond acceptors (Lipinski definition) is 4. The van der Waals surface area contributed by atoms with Gasteiger partial charge in [0.05, 0.1) is 12.7 Å². The lowest BCUT2D eigenvalue weighted by molar-refractivity contribution is -0.105. The fourth-order valence-corrected chi connectivity index (χ4v) is 3.60. The molecule has 22 heavy (non-hydrogen) atoms. The summed E-state index contributed by atoms with van der Waals surface area (Å²) in [6, 6.07) is 9.54. The molecule has 0 saturated carbocycles. The molecule has 5 heteroatoms. The summed E-state index contributed by atoms with van der Waals surface area (Å²) in [5.74, 6) is 0.773. The van der Waals surface area contributed by atoms with Crippen molar-refractivity contribution in [3.8, 4) is 16.2 Å². The summed E-state index contributed by atoms with van der Waals surface area (Å²) < 4.78 is 11.7. The van der Waals surface area contributed by atoms with Gasteiger partial charge >= 0.3 is 0 Å². The van der Waals surface area contributed by atoms with Crippen molar-refractivity contribution in [3.05, 3.63) is 40.2 Å². The van der Waals surface area contributed by atoms with Gasteiger partial charge in [0.25, 0.3) is 0 Å². The number of aliphatic hydroxyl groups excluding tert-OH is 1. The molecule has 118 valence electrons. The normalized spacial score (nSPS) is 19.9. The molecule has 2 heterocycles. The first-order valence-electron chi connectivity index (χ1n) is 7.49. The first-order valence-corrected chi connectivity index (χ1v) is 8.69. The van der Waals surface area contributed by atoms with Crippen molar-refractivity contribution in [3.63, 3.8) is 0 Å². The maximum absolute atomic E-state index is 9.70. The summed E-state index contributed by atoms with van der Waals surface area (Å²) in [6.45, 7) is 2.51. The van der Waals surface area contributed by atoms with Crippen molar-refractivity contribution in [2.75, 3.05) is 6.61 Å². The lowest BCUT2D eigenvalue weighted by Crippen LogP contribution is -2.25. The monoisotopic (exact) mass is 338 g/mol. The molecule has 1 aromatic heterocycles. The van der Waals surface area contributed by atoms with Crippen LogP contribution < -0.4 is 4.74 Å². The summed E-state index contributed by atoms with van der Waals surface area (Å²) in [4.78, 5) is 1.96. The summed E-state index contributed by atoms with van der Waals surface area (Å²) in [6.07, 6.45) is 2.47. The third-order valence-corrected chi connectivity index (χ3v) is 5.17. The first-order chi connectivity index (χ1) is 10.6. The predicted octanol–water partition coefficient (Wildman–Crippen LogP) is 5.03. The molecule has 1 saturated heterocycles. The van der Waals surface area contributed by atoms with E-state index in [9.17, 15) is 5.11 Å². The van der Waals surface area contributed by atoms with E-state index in [0.717, 1.165) is 46.9 Å². The van der Waals surface area contributed by atoms with E-state index < -0.39 is 6.10 Å². The van der Waals surface area contributed by atoms with Crippen LogP contribution in [0.5, 0.6) is 5.75 Å². The Kier molecular flexibility index (Phi) is 5.03. The average molecular weight is 339 g/mol. The molecule has 2 atom stereocenters. The van der Waals surface area contributed by atoms with Crippen molar-refractivity contribution in [1.82, 2.24) is 0 Å². The van der Waals surface area contributed by atoms with Crippen molar-refractivity contribution in [2.24, 2.45) is 0 Å². The second-order valence-corrected chi connectivity index (χ2v) is 6.98. The van der Waals surface area contributed by atoms with Crippen LogP contribution >= 0.6 is 22.9 Å². The Morgan fingerprint density at radius 2 is 2.18 bits per heavy atom. The Bertz CT molecular complexity index is 633. The van der Waals surface area contributed by atoms with Crippen molar-refractivity contribution in [1.29, 1.82) is 0 Å². The fraction of sp³-hybridized carbons (Fsp3) is 0.412. The highest BCUT2D eigenvalue weighted by Gasteiger charge is 2.18. The van der Waals surface area contributed by atoms with E-state index in [4.69, 9.17) is 21.1 Å². The minimum atomic E-state index is -0.469. The van der Waals surface area contributed by atoms with Crippen molar-refractivity contribution < 1.29 is 14.6 Å². The van der Waals surface area contributed by atoms with Gasteiger partial charge in [0.15, 0.2) is 6.29 Å². The molecule has 1 N–H and O–H groups in total. The highest BCUT2D eigenvalue weighted by Crippen LogP contribution is 2.39. The molecule has 1 fully saturated rings. The van der Waals surface area contributed by atoms with Gasteiger partial charge < -0.3 is 14.6 Å². The molecule has 3 nitrogen and oxygen atoms in total. The first kappa shape index (κ1) is 15.8. The van der Waals surface area contributed by atoms with E-state index >= 15 is 0 Å². The van der Waals surface area contributed by atoms with Crippen molar-refractivity contribution in [2.45, 2.75) is 38.6 Å². The standard InChI is InChI=1S/C17H19ClO3S/c1-11(19)15-7-8-16(22-15)13-10-12(18)5-6-14(13)21-17-4-2-3-9-20-17/h5-8,10-11,17,19H,2-4,9H2,1H3. The molecular weight excluding hydrogens is 320 g/mol.